The van der Waals surface area contributed by atoms with Crippen molar-refractivity contribution in [3.05, 3.63) is 0 Å². The second-order valence-electron chi connectivity index (χ2n) is 3.52. The van der Waals surface area contributed by atoms with Gasteiger partial charge in [-0.05, 0) is 12.8 Å². The lowest BCUT2D eigenvalue weighted by molar-refractivity contribution is 0.0479. The zero-order chi connectivity index (χ0) is 7.97. The Balaban J connectivity index is 1.81. The molecule has 3 heterocycles. The molecule has 5 N–H and O–H groups in total. The molecule has 0 radical (unpaired) electrons. The van der Waals surface area contributed by atoms with Gasteiger partial charge in [-0.15, -0.1) is 0 Å². The molecule has 0 spiro atoms. The van der Waals surface area contributed by atoms with Crippen LogP contribution >= 0.6 is 0 Å². The third-order valence-electron chi connectivity index (χ3n) is 2.87. The predicted octanol–water partition coefficient (Wildman–Crippen LogP) is -2.22. The van der Waals surface area contributed by atoms with Gasteiger partial charge in [0.15, 0.2) is 0 Å². The van der Waals surface area contributed by atoms with Gasteiger partial charge in [-0.3, -0.25) is 10.6 Å². The fraction of sp³-hybridized carbons (Fsp3) is 1.00. The number of nitrogens with one attached hydrogen (secondary N) is 5. The van der Waals surface area contributed by atoms with E-state index in [0.29, 0.717) is 18.4 Å². The van der Waals surface area contributed by atoms with Crippen LogP contribution in [0.3, 0.4) is 0 Å². The second kappa shape index (κ2) is 2.63. The molecular weight excluding hydrogens is 156 g/mol. The van der Waals surface area contributed by atoms with Crippen molar-refractivity contribution in [2.45, 2.75) is 31.2 Å². The maximum absolute atomic E-state index is 3.42. The third-order valence-corrected chi connectivity index (χ3v) is 2.87. The molecule has 0 amide bonds. The monoisotopic (exact) mass is 170 g/mol. The molecule has 3 saturated heterocycles. The van der Waals surface area contributed by atoms with Gasteiger partial charge in [0.2, 0.25) is 0 Å². The molecule has 6 heteroatoms. The minimum atomic E-state index is 0.422. The summed E-state index contributed by atoms with van der Waals surface area (Å²) in [4.78, 5) is 0. The zero-order valence-electron chi connectivity index (χ0n) is 6.80. The molecule has 3 aliphatic rings. The highest BCUT2D eigenvalue weighted by atomic mass is 15.9. The topological polar surface area (TPSA) is 63.4 Å². The van der Waals surface area contributed by atoms with Crippen LogP contribution in [0.2, 0.25) is 0 Å². The zero-order valence-corrected chi connectivity index (χ0v) is 6.80. The van der Waals surface area contributed by atoms with E-state index in [1.165, 1.54) is 12.8 Å². The van der Waals surface area contributed by atoms with Crippen LogP contribution < -0.4 is 27.1 Å². The fourth-order valence-corrected chi connectivity index (χ4v) is 2.24. The van der Waals surface area contributed by atoms with Crippen molar-refractivity contribution in [2.24, 2.45) is 0 Å². The van der Waals surface area contributed by atoms with E-state index in [2.05, 4.69) is 32.1 Å². The van der Waals surface area contributed by atoms with Crippen molar-refractivity contribution in [1.29, 1.82) is 0 Å². The number of piperidine rings is 1. The fourth-order valence-electron chi connectivity index (χ4n) is 2.24. The first kappa shape index (κ1) is 7.19. The highest BCUT2D eigenvalue weighted by Gasteiger charge is 2.41. The Bertz CT molecular complexity index is 165. The maximum atomic E-state index is 3.42. The third kappa shape index (κ3) is 0.905. The van der Waals surface area contributed by atoms with E-state index < -0.39 is 0 Å². The largest absolute Gasteiger partial charge is 0.299 e. The summed E-state index contributed by atoms with van der Waals surface area (Å²) in [5, 5.41) is 9.03. The van der Waals surface area contributed by atoms with E-state index >= 15 is 0 Å². The second-order valence-corrected chi connectivity index (χ2v) is 3.52. The van der Waals surface area contributed by atoms with Gasteiger partial charge in [-0.25, -0.2) is 5.43 Å². The van der Waals surface area contributed by atoms with Crippen molar-refractivity contribution >= 4 is 0 Å². The van der Waals surface area contributed by atoms with Gasteiger partial charge in [-0.1, -0.05) is 0 Å². The van der Waals surface area contributed by atoms with Gasteiger partial charge < -0.3 is 0 Å². The number of hydrogen-bond acceptors (Lipinski definition) is 6. The van der Waals surface area contributed by atoms with Gasteiger partial charge in [0, 0.05) is 12.7 Å². The summed E-state index contributed by atoms with van der Waals surface area (Å²) in [5.41, 5.74) is 9.20. The van der Waals surface area contributed by atoms with Crippen molar-refractivity contribution in [3.63, 3.8) is 0 Å². The summed E-state index contributed by atoms with van der Waals surface area (Å²) in [5.74, 6) is 0. The molecule has 3 unspecified atom stereocenters. The average molecular weight is 170 g/mol. The van der Waals surface area contributed by atoms with Gasteiger partial charge in [0.1, 0.15) is 0 Å². The quantitative estimate of drug-likeness (QED) is 0.284. The van der Waals surface area contributed by atoms with Crippen LogP contribution in [0.15, 0.2) is 0 Å². The van der Waals surface area contributed by atoms with Crippen LogP contribution in [0, 0.1) is 0 Å². The number of fused-ring (bicyclic) bond motifs is 3. The summed E-state index contributed by atoms with van der Waals surface area (Å²) in [6.45, 7) is 0.917. The number of hydrogen-bond donors (Lipinski definition) is 5. The van der Waals surface area contributed by atoms with Gasteiger partial charge in [0.25, 0.3) is 0 Å². The molecule has 0 aromatic carbocycles. The predicted molar refractivity (Wildman–Crippen MR) is 43.0 cm³/mol. The van der Waals surface area contributed by atoms with Crippen LogP contribution in [-0.4, -0.2) is 30.1 Å². The Labute approximate surface area is 71.0 Å². The van der Waals surface area contributed by atoms with Crippen molar-refractivity contribution < 1.29 is 0 Å². The number of rotatable bonds is 0. The molecule has 3 aliphatic heterocycles. The molecule has 6 nitrogen and oxygen atoms in total. The minimum Gasteiger partial charge on any atom is -0.299 e. The highest BCUT2D eigenvalue weighted by Crippen LogP contribution is 2.21. The van der Waals surface area contributed by atoms with E-state index in [4.69, 9.17) is 0 Å². The number of hydrazine groups is 3. The first-order chi connectivity index (χ1) is 5.95. The first-order valence-corrected chi connectivity index (χ1v) is 4.46. The van der Waals surface area contributed by atoms with Crippen LogP contribution in [0.25, 0.3) is 0 Å². The molecule has 12 heavy (non-hydrogen) atoms. The molecular formula is C6H14N6. The molecule has 0 saturated carbocycles. The van der Waals surface area contributed by atoms with Gasteiger partial charge in [0.05, 0.1) is 12.3 Å². The molecule has 3 fully saturated rings. The van der Waals surface area contributed by atoms with Gasteiger partial charge >= 0.3 is 0 Å². The van der Waals surface area contributed by atoms with Crippen molar-refractivity contribution in [3.8, 4) is 0 Å². The van der Waals surface area contributed by atoms with Gasteiger partial charge in [-0.2, -0.15) is 16.1 Å². The minimum absolute atomic E-state index is 0.422. The SMILES string of the molecule is C1NC2CCC3NNNN3C2N1. The molecule has 3 rings (SSSR count). The summed E-state index contributed by atoms with van der Waals surface area (Å²) in [7, 11) is 0. The summed E-state index contributed by atoms with van der Waals surface area (Å²) in [6.07, 6.45) is 3.26. The normalized spacial score (nSPS) is 47.5. The summed E-state index contributed by atoms with van der Waals surface area (Å²) >= 11 is 0. The first-order valence-electron chi connectivity index (χ1n) is 4.46. The Morgan fingerprint density at radius 1 is 1.17 bits per heavy atom. The lowest BCUT2D eigenvalue weighted by atomic mass is 10.0. The average Bonchev–Trinajstić information content (AvgIpc) is 2.71. The molecule has 68 valence electrons. The van der Waals surface area contributed by atoms with E-state index in [1.54, 1.807) is 0 Å². The molecule has 0 aliphatic carbocycles. The smallest absolute Gasteiger partial charge is 0.0930 e. The summed E-state index contributed by atoms with van der Waals surface area (Å²) < 4.78 is 0. The lowest BCUT2D eigenvalue weighted by Gasteiger charge is -2.36. The molecule has 0 aromatic heterocycles. The maximum Gasteiger partial charge on any atom is 0.0930 e. The van der Waals surface area contributed by atoms with Crippen molar-refractivity contribution in [2.75, 3.05) is 6.67 Å². The van der Waals surface area contributed by atoms with Crippen LogP contribution in [-0.2, 0) is 0 Å². The van der Waals surface area contributed by atoms with Crippen LogP contribution in [0.1, 0.15) is 12.8 Å². The molecule has 3 atom stereocenters. The Hall–Kier alpha value is -0.240. The van der Waals surface area contributed by atoms with Crippen molar-refractivity contribution in [1.82, 2.24) is 32.1 Å². The molecule has 0 aromatic rings. The van der Waals surface area contributed by atoms with E-state index in [-0.39, 0.29) is 0 Å². The molecule has 0 bridgehead atoms. The number of nitrogens with zero attached hydrogens (tertiary/aromatic N) is 1. The van der Waals surface area contributed by atoms with Crippen LogP contribution in [0.4, 0.5) is 0 Å². The lowest BCUT2D eigenvalue weighted by Crippen LogP contribution is -2.59. The van der Waals surface area contributed by atoms with E-state index in [1.807, 2.05) is 0 Å². The Kier molecular flexibility index (Phi) is 1.57. The standard InChI is InChI=1S/C6H14N6/c1-2-5-9-10-11-12(5)6-4(1)7-3-8-6/h4-11H,1-3H2. The Morgan fingerprint density at radius 2 is 2.17 bits per heavy atom. The van der Waals surface area contributed by atoms with E-state index in [9.17, 15) is 0 Å². The van der Waals surface area contributed by atoms with E-state index in [0.717, 1.165) is 6.67 Å². The highest BCUT2D eigenvalue weighted by molar-refractivity contribution is 4.94. The van der Waals surface area contributed by atoms with Crippen LogP contribution in [0.5, 0.6) is 0 Å². The summed E-state index contributed by atoms with van der Waals surface area (Å²) in [6, 6.07) is 0.593. The Morgan fingerprint density at radius 3 is 3.17 bits per heavy atom.